The highest BCUT2D eigenvalue weighted by atomic mass is 32.2. The van der Waals surface area contributed by atoms with Gasteiger partial charge in [0.05, 0.1) is 25.6 Å². The van der Waals surface area contributed by atoms with Crippen LogP contribution in [0.5, 0.6) is 5.75 Å². The van der Waals surface area contributed by atoms with Crippen molar-refractivity contribution in [2.24, 2.45) is 0 Å². The first-order valence-corrected chi connectivity index (χ1v) is 9.74. The molecule has 2 rings (SSSR count). The van der Waals surface area contributed by atoms with Crippen LogP contribution in [0.1, 0.15) is 12.8 Å². The average molecular weight is 355 g/mol. The Hall–Kier alpha value is -1.64. The molecular weight excluding hydrogens is 330 g/mol. The average Bonchev–Trinajstić information content (AvgIpc) is 2.54. The van der Waals surface area contributed by atoms with Crippen LogP contribution in [0.3, 0.4) is 0 Å². The van der Waals surface area contributed by atoms with Crippen LogP contribution >= 0.6 is 0 Å². The number of amides is 1. The first-order chi connectivity index (χ1) is 11.3. The third-order valence-electron chi connectivity index (χ3n) is 4.27. The fourth-order valence-corrected chi connectivity index (χ4v) is 3.60. The fourth-order valence-electron chi connectivity index (χ4n) is 2.88. The quantitative estimate of drug-likeness (QED) is 0.823. The molecule has 1 amide bonds. The second-order valence-corrected chi connectivity index (χ2v) is 8.10. The summed E-state index contributed by atoms with van der Waals surface area (Å²) in [4.78, 5) is 14.3. The minimum absolute atomic E-state index is 0.0900. The summed E-state index contributed by atoms with van der Waals surface area (Å²) >= 11 is 0. The van der Waals surface area contributed by atoms with Crippen molar-refractivity contribution in [3.8, 4) is 5.75 Å². The van der Waals surface area contributed by atoms with E-state index in [2.05, 4.69) is 5.32 Å². The number of benzene rings is 1. The fraction of sp³-hybridized carbons (Fsp3) is 0.562. The van der Waals surface area contributed by atoms with Crippen LogP contribution in [0, 0.1) is 0 Å². The molecule has 1 atom stereocenters. The Morgan fingerprint density at radius 1 is 1.42 bits per heavy atom. The number of anilines is 1. The molecule has 0 bridgehead atoms. The maximum Gasteiger partial charge on any atom is 0.238 e. The van der Waals surface area contributed by atoms with Crippen molar-refractivity contribution in [1.82, 2.24) is 9.21 Å². The van der Waals surface area contributed by atoms with Crippen LogP contribution in [-0.2, 0) is 14.8 Å². The van der Waals surface area contributed by atoms with Gasteiger partial charge in [0.25, 0.3) is 0 Å². The summed E-state index contributed by atoms with van der Waals surface area (Å²) < 4.78 is 30.0. The molecule has 0 aromatic heterocycles. The number of para-hydroxylation sites is 2. The van der Waals surface area contributed by atoms with E-state index in [1.54, 1.807) is 26.3 Å². The Kier molecular flexibility index (Phi) is 6.20. The molecule has 1 fully saturated rings. The number of likely N-dealkylation sites (tertiary alicyclic amines) is 1. The number of ether oxygens (including phenoxy) is 1. The number of carbonyl (C=O) groups excluding carboxylic acids is 1. The van der Waals surface area contributed by atoms with Gasteiger partial charge in [0.15, 0.2) is 0 Å². The van der Waals surface area contributed by atoms with Crippen LogP contribution < -0.4 is 10.1 Å². The van der Waals surface area contributed by atoms with Gasteiger partial charge in [0, 0.05) is 19.6 Å². The molecule has 0 aliphatic carbocycles. The molecule has 134 valence electrons. The second-order valence-electron chi connectivity index (χ2n) is 6.06. The van der Waals surface area contributed by atoms with Crippen LogP contribution in [0.25, 0.3) is 0 Å². The highest BCUT2D eigenvalue weighted by Gasteiger charge is 2.28. The molecule has 1 aromatic carbocycles. The Bertz CT molecular complexity index is 678. The van der Waals surface area contributed by atoms with Crippen LogP contribution in [0.4, 0.5) is 5.69 Å². The first-order valence-electron chi connectivity index (χ1n) is 7.89. The molecule has 24 heavy (non-hydrogen) atoms. The number of carbonyl (C=O) groups is 1. The van der Waals surface area contributed by atoms with Gasteiger partial charge in [-0.2, -0.15) is 0 Å². The van der Waals surface area contributed by atoms with Crippen LogP contribution in [0.15, 0.2) is 24.3 Å². The molecule has 7 nitrogen and oxygen atoms in total. The predicted molar refractivity (Wildman–Crippen MR) is 93.7 cm³/mol. The normalized spacial score (nSPS) is 19.2. The molecule has 1 heterocycles. The number of piperidine rings is 1. The Balaban J connectivity index is 1.94. The van der Waals surface area contributed by atoms with Crippen LogP contribution in [-0.4, -0.2) is 69.6 Å². The number of nitrogens with zero attached hydrogens (tertiary/aromatic N) is 2. The summed E-state index contributed by atoms with van der Waals surface area (Å²) in [6.07, 6.45) is 2.89. The molecule has 1 aromatic rings. The summed E-state index contributed by atoms with van der Waals surface area (Å²) in [5, 5.41) is 2.85. The van der Waals surface area contributed by atoms with E-state index in [1.165, 1.54) is 10.6 Å². The summed E-state index contributed by atoms with van der Waals surface area (Å²) in [5.41, 5.74) is 0.631. The lowest BCUT2D eigenvalue weighted by molar-refractivity contribution is -0.117. The van der Waals surface area contributed by atoms with E-state index in [-0.39, 0.29) is 18.5 Å². The van der Waals surface area contributed by atoms with E-state index in [4.69, 9.17) is 4.74 Å². The van der Waals surface area contributed by atoms with Gasteiger partial charge in [-0.3, -0.25) is 9.69 Å². The SMILES string of the molecule is COc1ccccc1NC(=O)CN1CCCC(N(C)S(C)(=O)=O)C1. The summed E-state index contributed by atoms with van der Waals surface area (Å²) in [6, 6.07) is 7.15. The molecule has 1 N–H and O–H groups in total. The number of hydrogen-bond acceptors (Lipinski definition) is 5. The highest BCUT2D eigenvalue weighted by molar-refractivity contribution is 7.88. The minimum atomic E-state index is -3.22. The number of nitrogens with one attached hydrogen (secondary N) is 1. The maximum atomic E-state index is 12.3. The van der Waals surface area contributed by atoms with Crippen molar-refractivity contribution >= 4 is 21.6 Å². The van der Waals surface area contributed by atoms with Crippen molar-refractivity contribution in [2.75, 3.05) is 45.4 Å². The zero-order valence-electron chi connectivity index (χ0n) is 14.4. The van der Waals surface area contributed by atoms with Gasteiger partial charge in [-0.15, -0.1) is 0 Å². The highest BCUT2D eigenvalue weighted by Crippen LogP contribution is 2.23. The number of methoxy groups -OCH3 is 1. The van der Waals surface area contributed by atoms with Gasteiger partial charge in [-0.1, -0.05) is 12.1 Å². The van der Waals surface area contributed by atoms with Crippen LogP contribution in [0.2, 0.25) is 0 Å². The Morgan fingerprint density at radius 3 is 2.79 bits per heavy atom. The molecule has 0 spiro atoms. The molecule has 0 radical (unpaired) electrons. The van der Waals surface area contributed by atoms with E-state index >= 15 is 0 Å². The third-order valence-corrected chi connectivity index (χ3v) is 5.61. The monoisotopic (exact) mass is 355 g/mol. The van der Waals surface area contributed by atoms with Crippen molar-refractivity contribution < 1.29 is 17.9 Å². The second kappa shape index (κ2) is 7.96. The number of hydrogen-bond donors (Lipinski definition) is 1. The number of rotatable bonds is 6. The topological polar surface area (TPSA) is 79.0 Å². The lowest BCUT2D eigenvalue weighted by atomic mass is 10.1. The molecule has 1 unspecified atom stereocenters. The summed E-state index contributed by atoms with van der Waals surface area (Å²) in [5.74, 6) is 0.473. The Labute approximate surface area is 143 Å². The Morgan fingerprint density at radius 2 is 2.12 bits per heavy atom. The van der Waals surface area contributed by atoms with Crippen molar-refractivity contribution in [2.45, 2.75) is 18.9 Å². The third kappa shape index (κ3) is 4.93. The van der Waals surface area contributed by atoms with Crippen molar-refractivity contribution in [3.05, 3.63) is 24.3 Å². The maximum absolute atomic E-state index is 12.3. The van der Waals surface area contributed by atoms with E-state index < -0.39 is 10.0 Å². The molecule has 1 saturated heterocycles. The van der Waals surface area contributed by atoms with E-state index in [1.807, 2.05) is 17.0 Å². The van der Waals surface area contributed by atoms with Gasteiger partial charge < -0.3 is 10.1 Å². The van der Waals surface area contributed by atoms with Gasteiger partial charge >= 0.3 is 0 Å². The molecule has 1 aliphatic heterocycles. The van der Waals surface area contributed by atoms with Gasteiger partial charge in [0.2, 0.25) is 15.9 Å². The standard InChI is InChI=1S/C16H25N3O4S/c1-18(24(3,21)22)13-7-6-10-19(11-13)12-16(20)17-14-8-4-5-9-15(14)23-2/h4-5,8-9,13H,6-7,10-12H2,1-3H3,(H,17,20). The van der Waals surface area contributed by atoms with E-state index in [9.17, 15) is 13.2 Å². The minimum Gasteiger partial charge on any atom is -0.495 e. The predicted octanol–water partition coefficient (Wildman–Crippen LogP) is 0.989. The number of likely N-dealkylation sites (N-methyl/N-ethyl adjacent to an activating group) is 1. The van der Waals surface area contributed by atoms with Gasteiger partial charge in [-0.25, -0.2) is 12.7 Å². The molecule has 1 aliphatic rings. The first kappa shape index (κ1) is 18.7. The molecule has 8 heteroatoms. The molecule has 0 saturated carbocycles. The van der Waals surface area contributed by atoms with Crippen molar-refractivity contribution in [1.29, 1.82) is 0 Å². The van der Waals surface area contributed by atoms with Gasteiger partial charge in [-0.05, 0) is 31.5 Å². The summed E-state index contributed by atoms with van der Waals surface area (Å²) in [6.45, 7) is 1.57. The van der Waals surface area contributed by atoms with Gasteiger partial charge in [0.1, 0.15) is 5.75 Å². The van der Waals surface area contributed by atoms with Crippen molar-refractivity contribution in [3.63, 3.8) is 0 Å². The zero-order chi connectivity index (χ0) is 17.7. The summed E-state index contributed by atoms with van der Waals surface area (Å²) in [7, 11) is -0.0699. The van der Waals surface area contributed by atoms with E-state index in [0.717, 1.165) is 19.4 Å². The zero-order valence-corrected chi connectivity index (χ0v) is 15.2. The molecular formula is C16H25N3O4S. The lowest BCUT2D eigenvalue weighted by Crippen LogP contribution is -2.49. The van der Waals surface area contributed by atoms with E-state index in [0.29, 0.717) is 18.0 Å². The lowest BCUT2D eigenvalue weighted by Gasteiger charge is -2.36. The largest absolute Gasteiger partial charge is 0.495 e. The number of sulfonamides is 1. The smallest absolute Gasteiger partial charge is 0.238 e.